The van der Waals surface area contributed by atoms with E-state index in [9.17, 15) is 9.90 Å². The molecule has 0 saturated heterocycles. The van der Waals surface area contributed by atoms with E-state index in [0.29, 0.717) is 12.4 Å². The molecule has 0 radical (unpaired) electrons. The first-order chi connectivity index (χ1) is 13.7. The molecule has 1 aromatic carbocycles. The molecule has 0 aliphatic rings. The molecule has 0 atom stereocenters. The van der Waals surface area contributed by atoms with E-state index in [1.54, 1.807) is 18.2 Å². The summed E-state index contributed by atoms with van der Waals surface area (Å²) in [7, 11) is 0. The number of pyridine rings is 1. The average Bonchev–Trinajstić information content (AvgIpc) is 2.98. The quantitative estimate of drug-likeness (QED) is 0.588. The highest BCUT2D eigenvalue weighted by molar-refractivity contribution is 5.96. The van der Waals surface area contributed by atoms with E-state index in [-0.39, 0.29) is 11.6 Å². The monoisotopic (exact) mass is 380 g/mol. The van der Waals surface area contributed by atoms with Crippen molar-refractivity contribution in [1.82, 2.24) is 9.55 Å². The van der Waals surface area contributed by atoms with Crippen LogP contribution >= 0.6 is 0 Å². The highest BCUT2D eigenvalue weighted by Gasteiger charge is 2.20. The third-order valence-electron chi connectivity index (χ3n) is 4.63. The molecule has 28 heavy (non-hydrogen) atoms. The minimum absolute atomic E-state index is 0.0310. The Kier molecular flexibility index (Phi) is 6.49. The Labute approximate surface area is 164 Å². The van der Waals surface area contributed by atoms with E-state index >= 15 is 0 Å². The standard InChI is InChI=1S/C21H25N5O2/c1-3-13-25(14-4-2)15-26-18-11-6-5-9-16(18)19(21(26)28)23-24-20(27)17-10-7-8-12-22-17/h5-12,28H,3-4,13-15H2,1-2H3/p+1. The molecule has 2 N–H and O–H groups in total. The number of rotatable bonds is 8. The van der Waals surface area contributed by atoms with Crippen LogP contribution in [0.3, 0.4) is 0 Å². The van der Waals surface area contributed by atoms with Gasteiger partial charge < -0.3 is 10.0 Å². The molecule has 3 rings (SSSR count). The summed E-state index contributed by atoms with van der Waals surface area (Å²) in [4.78, 5) is 17.6. The molecular formula is C21H26N5O2+. The Morgan fingerprint density at radius 2 is 1.82 bits per heavy atom. The van der Waals surface area contributed by atoms with Crippen LogP contribution in [0.15, 0.2) is 58.9 Å². The van der Waals surface area contributed by atoms with Crippen LogP contribution in [0.2, 0.25) is 0 Å². The molecular weight excluding hydrogens is 354 g/mol. The van der Waals surface area contributed by atoms with Crippen LogP contribution in [0.4, 0.5) is 5.69 Å². The number of aromatic hydroxyl groups is 1. The number of aromatic nitrogens is 2. The lowest BCUT2D eigenvalue weighted by molar-refractivity contribution is -0.922. The first-order valence-electron chi connectivity index (χ1n) is 9.66. The Balaban J connectivity index is 1.96. The lowest BCUT2D eigenvalue weighted by atomic mass is 10.2. The van der Waals surface area contributed by atoms with Crippen LogP contribution in [0, 0.1) is 0 Å². The summed E-state index contributed by atoms with van der Waals surface area (Å²) in [6, 6.07) is 12.7. The lowest BCUT2D eigenvalue weighted by Gasteiger charge is -2.19. The molecule has 146 valence electrons. The Morgan fingerprint density at radius 3 is 2.50 bits per heavy atom. The number of para-hydroxylation sites is 1. The average molecular weight is 380 g/mol. The summed E-state index contributed by atoms with van der Waals surface area (Å²) in [5.41, 5.74) is 1.41. The van der Waals surface area contributed by atoms with Crippen LogP contribution in [0.25, 0.3) is 10.9 Å². The predicted molar refractivity (Wildman–Crippen MR) is 108 cm³/mol. The normalized spacial score (nSPS) is 11.7. The fourth-order valence-electron chi connectivity index (χ4n) is 3.38. The summed E-state index contributed by atoms with van der Waals surface area (Å²) in [5, 5.41) is 19.5. The summed E-state index contributed by atoms with van der Waals surface area (Å²) >= 11 is 0. The summed E-state index contributed by atoms with van der Waals surface area (Å²) in [6.45, 7) is 7.00. The van der Waals surface area contributed by atoms with Gasteiger partial charge in [-0.2, -0.15) is 0 Å². The highest BCUT2D eigenvalue weighted by atomic mass is 16.3. The molecule has 1 amide bonds. The molecule has 0 aliphatic heterocycles. The zero-order chi connectivity index (χ0) is 19.9. The van der Waals surface area contributed by atoms with Gasteiger partial charge >= 0.3 is 5.91 Å². The van der Waals surface area contributed by atoms with E-state index in [0.717, 1.165) is 36.8 Å². The van der Waals surface area contributed by atoms with E-state index in [2.05, 4.69) is 29.1 Å². The SMILES string of the molecule is CCC[NH+](CCC)Cn1c(O)c(N=NC(=O)c2ccccn2)c2ccccc21. The molecule has 7 nitrogen and oxygen atoms in total. The van der Waals surface area contributed by atoms with Gasteiger partial charge in [0.2, 0.25) is 5.88 Å². The molecule has 0 unspecified atom stereocenters. The molecule has 0 saturated carbocycles. The number of nitrogens with one attached hydrogen (secondary N) is 1. The first-order valence-corrected chi connectivity index (χ1v) is 9.66. The minimum atomic E-state index is -0.541. The van der Waals surface area contributed by atoms with Crippen molar-refractivity contribution in [2.45, 2.75) is 33.4 Å². The van der Waals surface area contributed by atoms with E-state index in [1.165, 1.54) is 11.1 Å². The van der Waals surface area contributed by atoms with Gasteiger partial charge in [-0.25, -0.2) is 0 Å². The number of azo groups is 1. The van der Waals surface area contributed by atoms with Gasteiger partial charge in [-0.3, -0.25) is 14.3 Å². The molecule has 7 heteroatoms. The number of hydrogen-bond donors (Lipinski definition) is 2. The summed E-state index contributed by atoms with van der Waals surface area (Å²) in [6.07, 6.45) is 3.67. The number of nitrogens with zero attached hydrogens (tertiary/aromatic N) is 4. The number of carbonyl (C=O) groups excluding carboxylic acids is 1. The van der Waals surface area contributed by atoms with Crippen molar-refractivity contribution in [2.24, 2.45) is 10.2 Å². The number of quaternary nitrogens is 1. The molecule has 2 aromatic heterocycles. The van der Waals surface area contributed by atoms with Crippen molar-refractivity contribution in [3.63, 3.8) is 0 Å². The Bertz CT molecular complexity index is 960. The lowest BCUT2D eigenvalue weighted by Crippen LogP contribution is -3.11. The number of benzene rings is 1. The smallest absolute Gasteiger partial charge is 0.313 e. The fourth-order valence-corrected chi connectivity index (χ4v) is 3.38. The van der Waals surface area contributed by atoms with E-state index in [4.69, 9.17) is 0 Å². The molecule has 2 heterocycles. The molecule has 0 spiro atoms. The van der Waals surface area contributed by atoms with E-state index < -0.39 is 5.91 Å². The molecule has 0 bridgehead atoms. The van der Waals surface area contributed by atoms with Gasteiger partial charge in [0.25, 0.3) is 0 Å². The maximum atomic E-state index is 12.2. The number of hydrogen-bond acceptors (Lipinski definition) is 4. The largest absolute Gasteiger partial charge is 0.493 e. The third kappa shape index (κ3) is 4.26. The Hall–Kier alpha value is -3.06. The van der Waals surface area contributed by atoms with Crippen molar-refractivity contribution in [3.8, 4) is 5.88 Å². The number of fused-ring (bicyclic) bond motifs is 1. The van der Waals surface area contributed by atoms with Crippen molar-refractivity contribution >= 4 is 22.5 Å². The van der Waals surface area contributed by atoms with Crippen molar-refractivity contribution in [1.29, 1.82) is 0 Å². The van der Waals surface area contributed by atoms with E-state index in [1.807, 2.05) is 28.8 Å². The number of carbonyl (C=O) groups is 1. The second kappa shape index (κ2) is 9.23. The zero-order valence-corrected chi connectivity index (χ0v) is 16.3. The number of amides is 1. The van der Waals surface area contributed by atoms with Gasteiger partial charge in [0.05, 0.1) is 18.6 Å². The van der Waals surface area contributed by atoms with Crippen molar-refractivity contribution < 1.29 is 14.8 Å². The fraction of sp³-hybridized carbons (Fsp3) is 0.333. The van der Waals surface area contributed by atoms with Gasteiger partial charge in [0, 0.05) is 11.6 Å². The van der Waals surface area contributed by atoms with Crippen LogP contribution in [0.1, 0.15) is 37.2 Å². The highest BCUT2D eigenvalue weighted by Crippen LogP contribution is 2.38. The molecule has 0 fully saturated rings. The van der Waals surface area contributed by atoms with Gasteiger partial charge in [-0.05, 0) is 31.0 Å². The third-order valence-corrected chi connectivity index (χ3v) is 4.63. The zero-order valence-electron chi connectivity index (χ0n) is 16.3. The maximum Gasteiger partial charge on any atom is 0.313 e. The Morgan fingerprint density at radius 1 is 1.11 bits per heavy atom. The van der Waals surface area contributed by atoms with Gasteiger partial charge in [0.15, 0.2) is 12.4 Å². The molecule has 0 aliphatic carbocycles. The minimum Gasteiger partial charge on any atom is -0.493 e. The van der Waals surface area contributed by atoms with Crippen LogP contribution in [-0.4, -0.2) is 33.7 Å². The molecule has 3 aromatic rings. The summed E-state index contributed by atoms with van der Waals surface area (Å²) < 4.78 is 1.86. The van der Waals surface area contributed by atoms with Crippen LogP contribution in [-0.2, 0) is 6.67 Å². The van der Waals surface area contributed by atoms with Gasteiger partial charge in [0.1, 0.15) is 5.69 Å². The van der Waals surface area contributed by atoms with Gasteiger partial charge in [-0.15, -0.1) is 10.2 Å². The predicted octanol–water partition coefficient (Wildman–Crippen LogP) is 3.33. The van der Waals surface area contributed by atoms with Crippen molar-refractivity contribution in [3.05, 3.63) is 54.4 Å². The first kappa shape index (κ1) is 19.7. The maximum absolute atomic E-state index is 12.2. The summed E-state index contributed by atoms with van der Waals surface area (Å²) in [5.74, 6) is -0.510. The second-order valence-corrected chi connectivity index (χ2v) is 6.75. The van der Waals surface area contributed by atoms with Crippen molar-refractivity contribution in [2.75, 3.05) is 13.1 Å². The topological polar surface area (TPSA) is 84.3 Å². The second-order valence-electron chi connectivity index (χ2n) is 6.75. The van der Waals surface area contributed by atoms with Gasteiger partial charge in [-0.1, -0.05) is 38.1 Å². The van der Waals surface area contributed by atoms with Crippen LogP contribution < -0.4 is 4.90 Å². The van der Waals surface area contributed by atoms with Crippen LogP contribution in [0.5, 0.6) is 5.88 Å².